The minimum Gasteiger partial charge on any atom is -0.490 e. The maximum Gasteiger partial charge on any atom is 0.270 e. The second-order valence-electron chi connectivity index (χ2n) is 8.26. The van der Waals surface area contributed by atoms with Gasteiger partial charge in [0.25, 0.3) is 5.92 Å². The van der Waals surface area contributed by atoms with Crippen LogP contribution in [0.5, 0.6) is 0 Å². The van der Waals surface area contributed by atoms with Crippen molar-refractivity contribution in [2.45, 2.75) is 45.6 Å². The molecule has 1 N–H and O–H groups in total. The van der Waals surface area contributed by atoms with E-state index < -0.39 is 11.7 Å². The third-order valence-electron chi connectivity index (χ3n) is 5.22. The van der Waals surface area contributed by atoms with E-state index in [1.165, 1.54) is 4.68 Å². The number of benzene rings is 1. The van der Waals surface area contributed by atoms with Gasteiger partial charge in [0, 0.05) is 45.5 Å². The Morgan fingerprint density at radius 2 is 2.00 bits per heavy atom. The highest BCUT2D eigenvalue weighted by Gasteiger charge is 2.26. The average molecular weight is 462 g/mol. The fraction of sp³-hybridized carbons (Fsp3) is 0.417. The van der Waals surface area contributed by atoms with Gasteiger partial charge in [-0.3, -0.25) is 0 Å². The van der Waals surface area contributed by atoms with Crippen molar-refractivity contribution in [3.8, 4) is 0 Å². The lowest BCUT2D eigenvalue weighted by atomic mass is 10.1. The first kappa shape index (κ1) is 24.4. The molecule has 0 unspecified atom stereocenters. The van der Waals surface area contributed by atoms with E-state index in [0.717, 1.165) is 49.3 Å². The van der Waals surface area contributed by atoms with Gasteiger partial charge in [-0.05, 0) is 38.1 Å². The smallest absolute Gasteiger partial charge is 0.270 e. The van der Waals surface area contributed by atoms with Gasteiger partial charge in [0.05, 0.1) is 5.69 Å². The molecule has 1 aliphatic rings. The third kappa shape index (κ3) is 6.40. The molecule has 9 heteroatoms. The quantitative estimate of drug-likeness (QED) is 0.396. The van der Waals surface area contributed by atoms with Gasteiger partial charge in [-0.2, -0.15) is 4.98 Å². The highest BCUT2D eigenvalue weighted by molar-refractivity contribution is 5.57. The molecule has 1 fully saturated rings. The lowest BCUT2D eigenvalue weighted by molar-refractivity contribution is 0.0175. The summed E-state index contributed by atoms with van der Waals surface area (Å²) in [6.07, 6.45) is 7.39. The molecular weight excluding hydrogens is 431 g/mol. The molecule has 0 bridgehead atoms. The number of piperidine rings is 1. The summed E-state index contributed by atoms with van der Waals surface area (Å²) < 4.78 is 49.1. The predicted octanol–water partition coefficient (Wildman–Crippen LogP) is 5.83. The maximum atomic E-state index is 14.2. The third-order valence-corrected chi connectivity index (χ3v) is 5.22. The van der Waals surface area contributed by atoms with Crippen LogP contribution >= 0.6 is 0 Å². The van der Waals surface area contributed by atoms with Crippen LogP contribution in [0.1, 0.15) is 39.2 Å². The number of halogens is 3. The molecule has 6 nitrogen and oxygen atoms in total. The maximum absolute atomic E-state index is 14.2. The number of aryl methyl sites for hydroxylation is 1. The Labute approximate surface area is 192 Å². The zero-order valence-corrected chi connectivity index (χ0v) is 19.4. The Morgan fingerprint density at radius 3 is 2.61 bits per heavy atom. The number of ether oxygens (including phenoxy) is 1. The van der Waals surface area contributed by atoms with Crippen molar-refractivity contribution in [1.29, 1.82) is 0 Å². The number of hydrogen-bond donors (Lipinski definition) is 1. The van der Waals surface area contributed by atoms with Crippen LogP contribution in [-0.2, 0) is 17.7 Å². The normalized spacial score (nSPS) is 15.8. The lowest BCUT2D eigenvalue weighted by Crippen LogP contribution is -2.37. The van der Waals surface area contributed by atoms with Crippen LogP contribution in [0.3, 0.4) is 0 Å². The summed E-state index contributed by atoms with van der Waals surface area (Å²) in [4.78, 5) is 6.48. The van der Waals surface area contributed by atoms with Crippen molar-refractivity contribution in [2.75, 3.05) is 23.3 Å². The second kappa shape index (κ2) is 10.1. The summed E-state index contributed by atoms with van der Waals surface area (Å²) in [6.45, 7) is 9.91. The van der Waals surface area contributed by atoms with E-state index in [0.29, 0.717) is 19.0 Å². The summed E-state index contributed by atoms with van der Waals surface area (Å²) in [5.41, 5.74) is 0.556. The first-order valence-corrected chi connectivity index (χ1v) is 10.8. The SMILES string of the molecule is C=C(C)/C=C(\C=C/C)OC1CCN(c2nc(Nc3cc(C(C)(F)F)ccc3F)n(C)n2)CC1. The van der Waals surface area contributed by atoms with E-state index in [2.05, 4.69) is 22.0 Å². The minimum absolute atomic E-state index is 0.0666. The molecule has 1 aliphatic heterocycles. The molecule has 33 heavy (non-hydrogen) atoms. The highest BCUT2D eigenvalue weighted by atomic mass is 19.3. The van der Waals surface area contributed by atoms with E-state index in [9.17, 15) is 13.2 Å². The molecule has 0 atom stereocenters. The van der Waals surface area contributed by atoms with Crippen molar-refractivity contribution < 1.29 is 17.9 Å². The van der Waals surface area contributed by atoms with Crippen LogP contribution in [-0.4, -0.2) is 34.0 Å². The first-order valence-electron chi connectivity index (χ1n) is 10.8. The van der Waals surface area contributed by atoms with Crippen molar-refractivity contribution in [2.24, 2.45) is 7.05 Å². The van der Waals surface area contributed by atoms with Crippen LogP contribution in [0.4, 0.5) is 30.8 Å². The molecule has 2 heterocycles. The Balaban J connectivity index is 1.67. The number of alkyl halides is 2. The van der Waals surface area contributed by atoms with E-state index in [4.69, 9.17) is 4.74 Å². The number of anilines is 3. The molecule has 3 rings (SSSR count). The summed E-state index contributed by atoms with van der Waals surface area (Å²) in [5, 5.41) is 7.20. The van der Waals surface area contributed by atoms with Gasteiger partial charge in [0.2, 0.25) is 11.9 Å². The number of allylic oxidation sites excluding steroid dienone is 4. The number of rotatable bonds is 8. The molecule has 2 aromatic rings. The zero-order valence-electron chi connectivity index (χ0n) is 19.4. The molecule has 0 saturated carbocycles. The molecule has 0 spiro atoms. The van der Waals surface area contributed by atoms with E-state index in [-0.39, 0.29) is 23.3 Å². The Bertz CT molecular complexity index is 1050. The van der Waals surface area contributed by atoms with Gasteiger partial charge >= 0.3 is 0 Å². The monoisotopic (exact) mass is 461 g/mol. The Hall–Kier alpha value is -3.23. The average Bonchev–Trinajstić information content (AvgIpc) is 3.09. The standard InChI is InChI=1S/C24H30F3N5O/c1-6-7-19(14-16(2)3)33-18-10-12-32(13-11-18)23-29-22(31(5)30-23)28-21-15-17(24(4,26)27)8-9-20(21)25/h6-9,14-15,18H,2,10-13H2,1,3-5H3,(H,28,29,30)/b7-6-,19-14+. The Kier molecular flexibility index (Phi) is 7.50. The van der Waals surface area contributed by atoms with Gasteiger partial charge < -0.3 is 15.0 Å². The molecule has 178 valence electrons. The van der Waals surface area contributed by atoms with Crippen LogP contribution in [0.15, 0.2) is 54.3 Å². The zero-order chi connectivity index (χ0) is 24.2. The minimum atomic E-state index is -3.08. The van der Waals surface area contributed by atoms with Crippen molar-refractivity contribution in [1.82, 2.24) is 14.8 Å². The van der Waals surface area contributed by atoms with Gasteiger partial charge in [-0.1, -0.05) is 24.3 Å². The van der Waals surface area contributed by atoms with Crippen LogP contribution < -0.4 is 10.2 Å². The molecule has 1 saturated heterocycles. The number of nitrogens with one attached hydrogen (secondary N) is 1. The number of aromatic nitrogens is 3. The van der Waals surface area contributed by atoms with Gasteiger partial charge in [0.15, 0.2) is 0 Å². The molecule has 0 aliphatic carbocycles. The summed E-state index contributed by atoms with van der Waals surface area (Å²) in [6, 6.07) is 3.18. The lowest BCUT2D eigenvalue weighted by Gasteiger charge is -2.31. The van der Waals surface area contributed by atoms with Gasteiger partial charge in [-0.25, -0.2) is 17.9 Å². The number of nitrogens with zero attached hydrogens (tertiary/aromatic N) is 4. The van der Waals surface area contributed by atoms with Crippen LogP contribution in [0.25, 0.3) is 0 Å². The molecule has 1 aromatic heterocycles. The van der Waals surface area contributed by atoms with E-state index in [1.54, 1.807) is 7.05 Å². The first-order chi connectivity index (χ1) is 15.6. The van der Waals surface area contributed by atoms with Crippen molar-refractivity contribution in [3.63, 3.8) is 0 Å². The van der Waals surface area contributed by atoms with E-state index >= 15 is 0 Å². The second-order valence-corrected chi connectivity index (χ2v) is 8.26. The topological polar surface area (TPSA) is 55.2 Å². The van der Waals surface area contributed by atoms with Crippen LogP contribution in [0.2, 0.25) is 0 Å². The molecule has 0 radical (unpaired) electrons. The fourth-order valence-electron chi connectivity index (χ4n) is 3.52. The van der Waals surface area contributed by atoms with Crippen molar-refractivity contribution >= 4 is 17.6 Å². The predicted molar refractivity (Wildman–Crippen MR) is 124 cm³/mol. The molecule has 0 amide bonds. The van der Waals surface area contributed by atoms with Gasteiger partial charge in [-0.15, -0.1) is 5.10 Å². The summed E-state index contributed by atoms with van der Waals surface area (Å²) in [7, 11) is 1.66. The fourth-order valence-corrected chi connectivity index (χ4v) is 3.52. The Morgan fingerprint density at radius 1 is 1.30 bits per heavy atom. The molecular formula is C24H30F3N5O. The number of hydrogen-bond acceptors (Lipinski definition) is 5. The molecule has 1 aromatic carbocycles. The largest absolute Gasteiger partial charge is 0.490 e. The van der Waals surface area contributed by atoms with Crippen LogP contribution in [0, 0.1) is 5.82 Å². The van der Waals surface area contributed by atoms with Crippen molar-refractivity contribution in [3.05, 3.63) is 65.7 Å². The highest BCUT2D eigenvalue weighted by Crippen LogP contribution is 2.31. The van der Waals surface area contributed by atoms with Gasteiger partial charge in [0.1, 0.15) is 17.7 Å². The summed E-state index contributed by atoms with van der Waals surface area (Å²) in [5.74, 6) is -2.19. The summed E-state index contributed by atoms with van der Waals surface area (Å²) >= 11 is 0. The van der Waals surface area contributed by atoms with E-state index in [1.807, 2.05) is 37.0 Å².